The quantitative estimate of drug-likeness (QED) is 0.410. The maximum absolute atomic E-state index is 11.1. The summed E-state index contributed by atoms with van der Waals surface area (Å²) in [6.07, 6.45) is 15.3. The van der Waals surface area contributed by atoms with Crippen molar-refractivity contribution in [1.82, 2.24) is 0 Å². The van der Waals surface area contributed by atoms with Gasteiger partial charge in [-0.1, -0.05) is 37.3 Å². The van der Waals surface area contributed by atoms with E-state index in [1.54, 1.807) is 11.8 Å². The Morgan fingerprint density at radius 1 is 1.41 bits per heavy atom. The number of rotatable bonds is 6. The molecule has 122 valence electrons. The Morgan fingerprint density at radius 2 is 2.23 bits per heavy atom. The van der Waals surface area contributed by atoms with Crippen LogP contribution in [0.15, 0.2) is 37.0 Å². The zero-order chi connectivity index (χ0) is 15.9. The number of methoxy groups -OCH3 is 1. The lowest BCUT2D eigenvalue weighted by molar-refractivity contribution is -0.137. The van der Waals surface area contributed by atoms with Gasteiger partial charge >= 0.3 is 5.97 Å². The Hall–Kier alpha value is -0.960. The second-order valence-corrected chi connectivity index (χ2v) is 7.53. The average molecular weight is 320 g/mol. The molecule has 0 aromatic heterocycles. The number of allylic oxidation sites excluding steroid dienone is 4. The Morgan fingerprint density at radius 3 is 2.95 bits per heavy atom. The Balaban J connectivity index is 1.86. The Bertz CT molecular complexity index is 441. The fraction of sp³-hybridized carbons (Fsp3) is 0.632. The molecule has 0 aromatic carbocycles. The van der Waals surface area contributed by atoms with Gasteiger partial charge in [-0.2, -0.15) is 0 Å². The van der Waals surface area contributed by atoms with Crippen LogP contribution in [0.1, 0.15) is 26.2 Å². The van der Waals surface area contributed by atoms with Gasteiger partial charge < -0.3 is 4.74 Å². The smallest absolute Gasteiger partial charge is 0.315 e. The van der Waals surface area contributed by atoms with Crippen molar-refractivity contribution in [2.45, 2.75) is 26.2 Å². The molecule has 0 amide bonds. The molecule has 2 aliphatic carbocycles. The standard InChI is InChI=1S/C19H28O2S/c1-4-15-12-18-14(2)7-5-8-17(18)11-16(15)9-6-10-22-13-19(20)21-3/h4-7,9,14-18H,1,8,10-13H2,2-3H3. The molecule has 22 heavy (non-hydrogen) atoms. The molecule has 1 fully saturated rings. The maximum Gasteiger partial charge on any atom is 0.315 e. The first-order valence-electron chi connectivity index (χ1n) is 8.26. The summed E-state index contributed by atoms with van der Waals surface area (Å²) in [5, 5.41) is 0. The molecule has 2 nitrogen and oxygen atoms in total. The van der Waals surface area contributed by atoms with E-state index < -0.39 is 0 Å². The van der Waals surface area contributed by atoms with Crippen LogP contribution in [0.25, 0.3) is 0 Å². The number of hydrogen-bond donors (Lipinski definition) is 0. The van der Waals surface area contributed by atoms with Gasteiger partial charge in [0.05, 0.1) is 12.9 Å². The molecule has 0 aromatic rings. The molecule has 1 saturated carbocycles. The number of esters is 1. The molecule has 0 aliphatic heterocycles. The zero-order valence-corrected chi connectivity index (χ0v) is 14.6. The highest BCUT2D eigenvalue weighted by Gasteiger charge is 2.37. The van der Waals surface area contributed by atoms with Crippen LogP contribution < -0.4 is 0 Å². The first kappa shape index (κ1) is 17.4. The van der Waals surface area contributed by atoms with Gasteiger partial charge in [0.2, 0.25) is 0 Å². The van der Waals surface area contributed by atoms with E-state index in [4.69, 9.17) is 0 Å². The minimum absolute atomic E-state index is 0.147. The summed E-state index contributed by atoms with van der Waals surface area (Å²) in [4.78, 5) is 11.1. The van der Waals surface area contributed by atoms with Crippen molar-refractivity contribution in [1.29, 1.82) is 0 Å². The van der Waals surface area contributed by atoms with Gasteiger partial charge in [0.15, 0.2) is 0 Å². The molecule has 0 saturated heterocycles. The highest BCUT2D eigenvalue weighted by Crippen LogP contribution is 2.46. The first-order chi connectivity index (χ1) is 10.7. The highest BCUT2D eigenvalue weighted by molar-refractivity contribution is 8.00. The summed E-state index contributed by atoms with van der Waals surface area (Å²) >= 11 is 1.61. The van der Waals surface area contributed by atoms with Crippen LogP contribution >= 0.6 is 11.8 Å². The van der Waals surface area contributed by atoms with Gasteiger partial charge in [0, 0.05) is 5.75 Å². The number of carbonyl (C=O) groups is 1. The summed E-state index contributed by atoms with van der Waals surface area (Å²) in [6, 6.07) is 0. The number of thioether (sulfide) groups is 1. The molecule has 2 aliphatic rings. The third-order valence-corrected chi connectivity index (χ3v) is 6.04. The van der Waals surface area contributed by atoms with Crippen molar-refractivity contribution >= 4 is 17.7 Å². The maximum atomic E-state index is 11.1. The SMILES string of the molecule is C=CC1CC2C(C)C=CCC2CC1C=CCSCC(=O)OC. The minimum Gasteiger partial charge on any atom is -0.468 e. The summed E-state index contributed by atoms with van der Waals surface area (Å²) in [7, 11) is 1.44. The summed E-state index contributed by atoms with van der Waals surface area (Å²) in [5.41, 5.74) is 0. The summed E-state index contributed by atoms with van der Waals surface area (Å²) < 4.78 is 4.65. The fourth-order valence-electron chi connectivity index (χ4n) is 3.90. The Labute approximate surface area is 139 Å². The van der Waals surface area contributed by atoms with Crippen LogP contribution in [0.5, 0.6) is 0 Å². The van der Waals surface area contributed by atoms with Gasteiger partial charge in [-0.25, -0.2) is 0 Å². The molecule has 5 unspecified atom stereocenters. The Kier molecular flexibility index (Phi) is 6.81. The van der Waals surface area contributed by atoms with Gasteiger partial charge in [0.25, 0.3) is 0 Å². The third-order valence-electron chi connectivity index (χ3n) is 5.18. The molecular formula is C19H28O2S. The predicted octanol–water partition coefficient (Wildman–Crippen LogP) is 4.49. The lowest BCUT2D eigenvalue weighted by Gasteiger charge is -2.43. The fourth-order valence-corrected chi connectivity index (χ4v) is 4.55. The molecule has 5 atom stereocenters. The second kappa shape index (κ2) is 8.61. The van der Waals surface area contributed by atoms with Crippen molar-refractivity contribution < 1.29 is 9.53 Å². The molecule has 0 N–H and O–H groups in total. The predicted molar refractivity (Wildman–Crippen MR) is 94.8 cm³/mol. The molecular weight excluding hydrogens is 292 g/mol. The molecule has 0 radical (unpaired) electrons. The molecule has 2 rings (SSSR count). The van der Waals surface area contributed by atoms with Crippen molar-refractivity contribution in [3.63, 3.8) is 0 Å². The van der Waals surface area contributed by atoms with Crippen LogP contribution in [-0.4, -0.2) is 24.6 Å². The van der Waals surface area contributed by atoms with Crippen LogP contribution in [0.2, 0.25) is 0 Å². The second-order valence-electron chi connectivity index (χ2n) is 6.50. The van der Waals surface area contributed by atoms with E-state index >= 15 is 0 Å². The van der Waals surface area contributed by atoms with Crippen LogP contribution in [0.3, 0.4) is 0 Å². The molecule has 0 spiro atoms. The molecule has 0 heterocycles. The van der Waals surface area contributed by atoms with Crippen molar-refractivity contribution in [3.05, 3.63) is 37.0 Å². The van der Waals surface area contributed by atoms with E-state index in [-0.39, 0.29) is 5.97 Å². The normalized spacial score (nSPS) is 34.4. The van der Waals surface area contributed by atoms with Crippen molar-refractivity contribution in [2.24, 2.45) is 29.6 Å². The van der Waals surface area contributed by atoms with Crippen LogP contribution in [-0.2, 0) is 9.53 Å². The van der Waals surface area contributed by atoms with Gasteiger partial charge in [0.1, 0.15) is 0 Å². The number of hydrogen-bond acceptors (Lipinski definition) is 3. The highest BCUT2D eigenvalue weighted by atomic mass is 32.2. The first-order valence-corrected chi connectivity index (χ1v) is 9.41. The topological polar surface area (TPSA) is 26.3 Å². The van der Waals surface area contributed by atoms with E-state index in [0.29, 0.717) is 23.5 Å². The zero-order valence-electron chi connectivity index (χ0n) is 13.7. The van der Waals surface area contributed by atoms with E-state index in [1.165, 1.54) is 26.4 Å². The van der Waals surface area contributed by atoms with E-state index in [2.05, 4.69) is 48.6 Å². The number of carbonyl (C=O) groups excluding carboxylic acids is 1. The van der Waals surface area contributed by atoms with Crippen molar-refractivity contribution in [2.75, 3.05) is 18.6 Å². The van der Waals surface area contributed by atoms with E-state index in [0.717, 1.165) is 17.6 Å². The van der Waals surface area contributed by atoms with Gasteiger partial charge in [-0.15, -0.1) is 18.3 Å². The van der Waals surface area contributed by atoms with Gasteiger partial charge in [-0.3, -0.25) is 4.79 Å². The lowest BCUT2D eigenvalue weighted by Crippen LogP contribution is -2.34. The molecule has 0 bridgehead atoms. The largest absolute Gasteiger partial charge is 0.468 e. The minimum atomic E-state index is -0.147. The number of fused-ring (bicyclic) bond motifs is 1. The summed E-state index contributed by atoms with van der Waals surface area (Å²) in [5.74, 6) is 4.73. The monoisotopic (exact) mass is 320 g/mol. The molecule has 3 heteroatoms. The lowest BCUT2D eigenvalue weighted by atomic mass is 9.62. The van der Waals surface area contributed by atoms with E-state index in [1.807, 2.05) is 0 Å². The number of ether oxygens (including phenoxy) is 1. The van der Waals surface area contributed by atoms with Crippen molar-refractivity contribution in [3.8, 4) is 0 Å². The van der Waals surface area contributed by atoms with E-state index in [9.17, 15) is 4.79 Å². The van der Waals surface area contributed by atoms with Crippen LogP contribution in [0, 0.1) is 29.6 Å². The van der Waals surface area contributed by atoms with Crippen LogP contribution in [0.4, 0.5) is 0 Å². The average Bonchev–Trinajstić information content (AvgIpc) is 2.54. The van der Waals surface area contributed by atoms with Gasteiger partial charge in [-0.05, 0) is 48.9 Å². The summed E-state index contributed by atoms with van der Waals surface area (Å²) in [6.45, 7) is 6.41. The third kappa shape index (κ3) is 4.52.